The van der Waals surface area contributed by atoms with Crippen molar-refractivity contribution in [2.24, 2.45) is 0 Å². The van der Waals surface area contributed by atoms with Crippen LogP contribution in [0.5, 0.6) is 0 Å². The van der Waals surface area contributed by atoms with Crippen LogP contribution in [0.4, 0.5) is 0 Å². The van der Waals surface area contributed by atoms with Gasteiger partial charge in [0.25, 0.3) is 0 Å². The van der Waals surface area contributed by atoms with Crippen molar-refractivity contribution < 1.29 is 25.7 Å². The summed E-state index contributed by atoms with van der Waals surface area (Å²) in [5.74, 6) is 3.28. The normalized spacial score (nSPS) is 16.0. The molecule has 0 amide bonds. The molecule has 5 heteroatoms. The Hall–Kier alpha value is 0.624. The summed E-state index contributed by atoms with van der Waals surface area (Å²) in [5, 5.41) is 3.06. The molecule has 0 aromatic rings. The molecule has 0 spiro atoms. The Morgan fingerprint density at radius 1 is 1.62 bits per heavy atom. The summed E-state index contributed by atoms with van der Waals surface area (Å²) in [6, 6.07) is 0. The topological polar surface area (TPSA) is 46.2 Å². The number of rotatable bonds is 0. The van der Waals surface area contributed by atoms with Crippen molar-refractivity contribution in [3.8, 4) is 0 Å². The number of nitrogens with one attached hydrogen (secondary N) is 1. The van der Waals surface area contributed by atoms with Gasteiger partial charge in [-0.05, 0) is 0 Å². The average Bonchev–Trinajstić information content (AvgIpc) is 2.17. The molecular weight excluding hydrogens is 162 g/mol. The minimum absolute atomic E-state index is 1.16. The van der Waals surface area contributed by atoms with Crippen molar-refractivity contribution in [3.05, 3.63) is 5.88 Å². The molecule has 1 N–H and O–H groups in total. The standard InChI is InChI=1S/C3H6NS.2O.Ti/c1-2-5-3-4-1;;;/h3-4H,1-2H2;;;. The molecule has 1 fully saturated rings. The molecule has 1 rings (SSSR count). The second kappa shape index (κ2) is 7.62. The molecule has 0 unspecified atom stereocenters. The minimum atomic E-state index is -2.00. The maximum absolute atomic E-state index is 8.50. The van der Waals surface area contributed by atoms with Crippen molar-refractivity contribution in [2.45, 2.75) is 0 Å². The Balaban J connectivity index is 0.000000145. The van der Waals surface area contributed by atoms with Gasteiger partial charge in [-0.25, -0.2) is 0 Å². The molecule has 0 saturated carbocycles. The fourth-order valence-corrected chi connectivity index (χ4v) is 0.884. The van der Waals surface area contributed by atoms with Gasteiger partial charge in [-0.1, -0.05) is 0 Å². The SMILES string of the molecule is [CH]1NCCS1.[O]=[Ti]=[O]. The van der Waals surface area contributed by atoms with E-state index in [-0.39, 0.29) is 0 Å². The number of thioether (sulfide) groups is 1. The van der Waals surface area contributed by atoms with Gasteiger partial charge < -0.3 is 5.32 Å². The first-order chi connectivity index (χ1) is 3.91. The van der Waals surface area contributed by atoms with Gasteiger partial charge in [0, 0.05) is 12.3 Å². The van der Waals surface area contributed by atoms with Crippen molar-refractivity contribution >= 4 is 11.8 Å². The first-order valence-electron chi connectivity index (χ1n) is 2.07. The third kappa shape index (κ3) is 6.62. The summed E-state index contributed by atoms with van der Waals surface area (Å²) in [7, 11) is 0. The molecule has 0 aromatic heterocycles. The molecule has 1 aliphatic rings. The summed E-state index contributed by atoms with van der Waals surface area (Å²) in [4.78, 5) is 0. The van der Waals surface area contributed by atoms with Crippen LogP contribution < -0.4 is 5.32 Å². The summed E-state index contributed by atoms with van der Waals surface area (Å²) >= 11 is -0.162. The molecule has 45 valence electrons. The Labute approximate surface area is 61.2 Å². The van der Waals surface area contributed by atoms with Crippen LogP contribution in [0.2, 0.25) is 0 Å². The second-order valence-corrected chi connectivity index (χ2v) is 2.26. The maximum atomic E-state index is 8.50. The Morgan fingerprint density at radius 3 is 2.38 bits per heavy atom. The van der Waals surface area contributed by atoms with Crippen LogP contribution in [-0.2, 0) is 25.7 Å². The van der Waals surface area contributed by atoms with Crippen molar-refractivity contribution in [1.82, 2.24) is 5.32 Å². The van der Waals surface area contributed by atoms with E-state index >= 15 is 0 Å². The van der Waals surface area contributed by atoms with Gasteiger partial charge in [0.15, 0.2) is 0 Å². The monoisotopic (exact) mass is 168 g/mol. The predicted molar refractivity (Wildman–Crippen MR) is 26.1 cm³/mol. The first kappa shape index (κ1) is 8.62. The molecule has 0 bridgehead atoms. The predicted octanol–water partition coefficient (Wildman–Crippen LogP) is 0.202. The first-order valence-corrected chi connectivity index (χ1v) is 4.40. The molecular formula is C3H6NO2STi. The van der Waals surface area contributed by atoms with Gasteiger partial charge in [-0.3, -0.25) is 0 Å². The zero-order valence-electron chi connectivity index (χ0n) is 4.22. The molecule has 3 nitrogen and oxygen atoms in total. The molecule has 0 aromatic carbocycles. The summed E-state index contributed by atoms with van der Waals surface area (Å²) in [6.45, 7) is 1.16. The third-order valence-electron chi connectivity index (χ3n) is 0.531. The molecule has 8 heavy (non-hydrogen) atoms. The van der Waals surface area contributed by atoms with E-state index in [1.807, 2.05) is 17.6 Å². The molecule has 0 aliphatic carbocycles. The quantitative estimate of drug-likeness (QED) is 0.525. The van der Waals surface area contributed by atoms with Gasteiger partial charge in [0.1, 0.15) is 0 Å². The van der Waals surface area contributed by atoms with E-state index in [4.69, 9.17) is 6.65 Å². The van der Waals surface area contributed by atoms with Crippen LogP contribution >= 0.6 is 11.8 Å². The van der Waals surface area contributed by atoms with Crippen LogP contribution in [0.25, 0.3) is 0 Å². The van der Waals surface area contributed by atoms with Crippen LogP contribution in [-0.4, -0.2) is 12.3 Å². The molecule has 1 saturated heterocycles. The van der Waals surface area contributed by atoms with E-state index in [0.29, 0.717) is 0 Å². The van der Waals surface area contributed by atoms with Gasteiger partial charge >= 0.3 is 25.7 Å². The zero-order valence-corrected chi connectivity index (χ0v) is 6.59. The molecule has 1 radical (unpaired) electrons. The van der Waals surface area contributed by atoms with E-state index in [1.165, 1.54) is 5.75 Å². The molecule has 1 heterocycles. The Bertz CT molecular complexity index is 71.7. The van der Waals surface area contributed by atoms with Gasteiger partial charge in [-0.15, -0.1) is 11.8 Å². The average molecular weight is 168 g/mol. The van der Waals surface area contributed by atoms with E-state index in [0.717, 1.165) is 6.54 Å². The fourth-order valence-electron chi connectivity index (χ4n) is 0.295. The van der Waals surface area contributed by atoms with Gasteiger partial charge in [0.05, 0.1) is 5.88 Å². The fraction of sp³-hybridized carbons (Fsp3) is 0.667. The van der Waals surface area contributed by atoms with Crippen molar-refractivity contribution in [1.29, 1.82) is 0 Å². The Kier molecular flexibility index (Phi) is 8.22. The number of hydrogen-bond acceptors (Lipinski definition) is 4. The van der Waals surface area contributed by atoms with Gasteiger partial charge in [0.2, 0.25) is 0 Å². The van der Waals surface area contributed by atoms with E-state index < -0.39 is 19.1 Å². The van der Waals surface area contributed by atoms with Crippen LogP contribution in [0.1, 0.15) is 0 Å². The van der Waals surface area contributed by atoms with Crippen molar-refractivity contribution in [3.63, 3.8) is 0 Å². The second-order valence-electron chi connectivity index (χ2n) is 1.03. The molecule has 1 aliphatic heterocycles. The Morgan fingerprint density at radius 2 is 2.25 bits per heavy atom. The van der Waals surface area contributed by atoms with E-state index in [1.54, 1.807) is 0 Å². The van der Waals surface area contributed by atoms with Crippen LogP contribution in [0, 0.1) is 5.88 Å². The summed E-state index contributed by atoms with van der Waals surface area (Å²) < 4.78 is 17.0. The van der Waals surface area contributed by atoms with Gasteiger partial charge in [-0.2, -0.15) is 0 Å². The third-order valence-corrected chi connectivity index (χ3v) is 1.30. The number of hydrogen-bond donors (Lipinski definition) is 1. The zero-order chi connectivity index (χ0) is 6.24. The van der Waals surface area contributed by atoms with Crippen molar-refractivity contribution in [2.75, 3.05) is 12.3 Å². The van der Waals surface area contributed by atoms with Crippen LogP contribution in [0.3, 0.4) is 0 Å². The molecule has 0 atom stereocenters. The summed E-state index contributed by atoms with van der Waals surface area (Å²) in [5.41, 5.74) is 0. The summed E-state index contributed by atoms with van der Waals surface area (Å²) in [6.07, 6.45) is 0. The van der Waals surface area contributed by atoms with E-state index in [9.17, 15) is 0 Å². The van der Waals surface area contributed by atoms with E-state index in [2.05, 4.69) is 5.32 Å². The van der Waals surface area contributed by atoms with Crippen LogP contribution in [0.15, 0.2) is 0 Å².